The van der Waals surface area contributed by atoms with Crippen molar-refractivity contribution in [2.75, 3.05) is 13.1 Å². The van der Waals surface area contributed by atoms with E-state index in [-0.39, 0.29) is 0 Å². The molecule has 0 aliphatic carbocycles. The van der Waals surface area contributed by atoms with E-state index in [0.29, 0.717) is 31.1 Å². The summed E-state index contributed by atoms with van der Waals surface area (Å²) in [6, 6.07) is 0. The van der Waals surface area contributed by atoms with Gasteiger partial charge >= 0.3 is 0 Å². The third-order valence-corrected chi connectivity index (χ3v) is 5.02. The Morgan fingerprint density at radius 3 is 2.62 bits per heavy atom. The average Bonchev–Trinajstić information content (AvgIpc) is 2.63. The molecular weight excluding hydrogens is 354 g/mol. The molecule has 1 aliphatic rings. The monoisotopic (exact) mass is 391 g/mol. The van der Waals surface area contributed by atoms with E-state index < -0.39 is 5.54 Å². The van der Waals surface area contributed by atoms with Crippen LogP contribution in [0.5, 0.6) is 0 Å². The molecule has 0 radical (unpaired) electrons. The molecule has 0 spiro atoms. The molecule has 3 nitrogen and oxygen atoms in total. The summed E-state index contributed by atoms with van der Waals surface area (Å²) in [7, 11) is 0. The van der Waals surface area contributed by atoms with Gasteiger partial charge in [0.15, 0.2) is 0 Å². The highest BCUT2D eigenvalue weighted by Gasteiger charge is 2.33. The highest BCUT2D eigenvalue weighted by Crippen LogP contribution is 2.26. The minimum absolute atomic E-state index is 0.408. The number of rotatable bonds is 10. The highest BCUT2D eigenvalue weighted by molar-refractivity contribution is 5.32. The number of nitrogens with zero attached hydrogens (tertiary/aromatic N) is 1. The summed E-state index contributed by atoms with van der Waals surface area (Å²) in [6.45, 7) is 25.8. The Kier molecular flexibility index (Phi) is 9.35. The first-order valence-electron chi connectivity index (χ1n) is 10.1. The van der Waals surface area contributed by atoms with Crippen LogP contribution < -0.4 is 11.1 Å². The normalized spacial score (nSPS) is 18.8. The number of allylic oxidation sites excluding steroid dienone is 7. The van der Waals surface area contributed by atoms with Crippen LogP contribution in [0.15, 0.2) is 84.9 Å². The van der Waals surface area contributed by atoms with Gasteiger partial charge in [0.2, 0.25) is 0 Å². The third-order valence-electron chi connectivity index (χ3n) is 5.02. The Morgan fingerprint density at radius 1 is 1.38 bits per heavy atom. The zero-order chi connectivity index (χ0) is 22.0. The number of hydrogen-bond acceptors (Lipinski definition) is 3. The SMILES string of the molecule is C=C/C=C(\C=C/CC(CN1CC#CC/C=C(/C)C1=C)(NC(=C)C)C(=C)N)C(C)C. The van der Waals surface area contributed by atoms with Crippen LogP contribution >= 0.6 is 0 Å². The first-order valence-corrected chi connectivity index (χ1v) is 10.1. The van der Waals surface area contributed by atoms with Gasteiger partial charge < -0.3 is 16.0 Å². The maximum absolute atomic E-state index is 6.35. The van der Waals surface area contributed by atoms with Gasteiger partial charge in [-0.15, -0.1) is 0 Å². The molecule has 0 aromatic carbocycles. The Balaban J connectivity index is 3.25. The molecule has 0 aromatic rings. The zero-order valence-corrected chi connectivity index (χ0v) is 18.6. The van der Waals surface area contributed by atoms with Gasteiger partial charge in [0.1, 0.15) is 0 Å². The molecule has 1 atom stereocenters. The van der Waals surface area contributed by atoms with E-state index in [9.17, 15) is 0 Å². The molecule has 0 amide bonds. The van der Waals surface area contributed by atoms with Crippen molar-refractivity contribution in [3.05, 3.63) is 84.9 Å². The van der Waals surface area contributed by atoms with Gasteiger partial charge in [-0.05, 0) is 37.3 Å². The summed E-state index contributed by atoms with van der Waals surface area (Å²) in [5.41, 5.74) is 10.5. The van der Waals surface area contributed by atoms with Crippen molar-refractivity contribution in [1.82, 2.24) is 10.2 Å². The molecule has 156 valence electrons. The number of hydrogen-bond donors (Lipinski definition) is 2. The predicted molar refractivity (Wildman–Crippen MR) is 128 cm³/mol. The van der Waals surface area contributed by atoms with Gasteiger partial charge in [0.05, 0.1) is 12.1 Å². The summed E-state index contributed by atoms with van der Waals surface area (Å²) in [5, 5.41) is 3.49. The maximum atomic E-state index is 6.35. The molecule has 0 saturated carbocycles. The molecule has 3 N–H and O–H groups in total. The molecule has 0 saturated heterocycles. The molecule has 1 rings (SSSR count). The molecule has 0 aromatic heterocycles. The summed E-state index contributed by atoms with van der Waals surface area (Å²) < 4.78 is 0. The smallest absolute Gasteiger partial charge is 0.0971 e. The molecule has 3 heteroatoms. The van der Waals surface area contributed by atoms with Crippen LogP contribution in [0.2, 0.25) is 0 Å². The lowest BCUT2D eigenvalue weighted by atomic mass is 9.89. The van der Waals surface area contributed by atoms with Crippen molar-refractivity contribution in [3.8, 4) is 11.8 Å². The maximum Gasteiger partial charge on any atom is 0.0971 e. The predicted octanol–water partition coefficient (Wildman–Crippen LogP) is 5.20. The van der Waals surface area contributed by atoms with Crippen LogP contribution in [0.25, 0.3) is 0 Å². The fraction of sp³-hybridized carbons (Fsp3) is 0.385. The Labute approximate surface area is 178 Å². The van der Waals surface area contributed by atoms with Crippen LogP contribution in [-0.4, -0.2) is 23.5 Å². The van der Waals surface area contributed by atoms with Crippen molar-refractivity contribution in [1.29, 1.82) is 0 Å². The molecule has 1 heterocycles. The lowest BCUT2D eigenvalue weighted by Crippen LogP contribution is -2.55. The Bertz CT molecular complexity index is 796. The second kappa shape index (κ2) is 11.2. The van der Waals surface area contributed by atoms with Crippen molar-refractivity contribution in [3.63, 3.8) is 0 Å². The van der Waals surface area contributed by atoms with Crippen molar-refractivity contribution < 1.29 is 0 Å². The Hall–Kier alpha value is -2.86. The van der Waals surface area contributed by atoms with E-state index in [1.54, 1.807) is 0 Å². The zero-order valence-electron chi connectivity index (χ0n) is 18.6. The van der Waals surface area contributed by atoms with Gasteiger partial charge in [0, 0.05) is 30.1 Å². The lowest BCUT2D eigenvalue weighted by molar-refractivity contribution is 0.275. The summed E-state index contributed by atoms with van der Waals surface area (Å²) in [5.74, 6) is 6.81. The molecule has 1 aliphatic heterocycles. The first kappa shape index (κ1) is 24.2. The third kappa shape index (κ3) is 7.23. The average molecular weight is 392 g/mol. The van der Waals surface area contributed by atoms with E-state index in [2.05, 4.69) is 87.4 Å². The number of nitrogens with two attached hydrogens (primary N) is 1. The van der Waals surface area contributed by atoms with Crippen molar-refractivity contribution in [2.45, 2.75) is 46.1 Å². The summed E-state index contributed by atoms with van der Waals surface area (Å²) >= 11 is 0. The van der Waals surface area contributed by atoms with Crippen LogP contribution in [0.4, 0.5) is 0 Å². The fourth-order valence-electron chi connectivity index (χ4n) is 3.22. The van der Waals surface area contributed by atoms with Crippen LogP contribution in [0.3, 0.4) is 0 Å². The summed E-state index contributed by atoms with van der Waals surface area (Å²) in [4.78, 5) is 2.17. The molecule has 0 bridgehead atoms. The van der Waals surface area contributed by atoms with Gasteiger partial charge in [-0.3, -0.25) is 0 Å². The second-order valence-electron chi connectivity index (χ2n) is 7.92. The van der Waals surface area contributed by atoms with Gasteiger partial charge in [-0.2, -0.15) is 0 Å². The van der Waals surface area contributed by atoms with Crippen molar-refractivity contribution in [2.24, 2.45) is 11.7 Å². The molecular formula is C26H37N3. The first-order chi connectivity index (χ1) is 13.6. The van der Waals surface area contributed by atoms with Gasteiger partial charge in [-0.25, -0.2) is 0 Å². The van der Waals surface area contributed by atoms with E-state index in [1.165, 1.54) is 5.57 Å². The van der Waals surface area contributed by atoms with Crippen LogP contribution in [0.1, 0.15) is 40.5 Å². The largest absolute Gasteiger partial charge is 0.401 e. The fourth-order valence-corrected chi connectivity index (χ4v) is 3.22. The second-order valence-corrected chi connectivity index (χ2v) is 7.92. The topological polar surface area (TPSA) is 41.3 Å². The van der Waals surface area contributed by atoms with E-state index in [0.717, 1.165) is 23.4 Å². The van der Waals surface area contributed by atoms with Gasteiger partial charge in [-0.1, -0.05) is 82.4 Å². The molecule has 0 fully saturated rings. The Morgan fingerprint density at radius 2 is 2.07 bits per heavy atom. The van der Waals surface area contributed by atoms with E-state index in [1.807, 2.05) is 19.1 Å². The van der Waals surface area contributed by atoms with E-state index >= 15 is 0 Å². The molecule has 29 heavy (non-hydrogen) atoms. The van der Waals surface area contributed by atoms with Crippen molar-refractivity contribution >= 4 is 0 Å². The van der Waals surface area contributed by atoms with Crippen LogP contribution in [0, 0.1) is 17.8 Å². The molecule has 1 unspecified atom stereocenters. The lowest BCUT2D eigenvalue weighted by Gasteiger charge is -2.41. The van der Waals surface area contributed by atoms with Crippen LogP contribution in [-0.2, 0) is 0 Å². The quantitative estimate of drug-likeness (QED) is 0.397. The van der Waals surface area contributed by atoms with E-state index in [4.69, 9.17) is 5.73 Å². The minimum atomic E-state index is -0.581. The number of nitrogens with one attached hydrogen (secondary N) is 1. The highest BCUT2D eigenvalue weighted by atomic mass is 15.2. The minimum Gasteiger partial charge on any atom is -0.401 e. The van der Waals surface area contributed by atoms with Gasteiger partial charge in [0.25, 0.3) is 0 Å². The standard InChI is InChI=1S/C26H37N3/c1-9-14-25(20(2)3)16-13-17-26(24(8)27,28-21(4)5)19-29-18-12-10-11-15-22(6)23(29)7/h9,13-16,20,28H,1,4,7-8,11,17-19,27H2,2-3,5-6H3/b16-13-,22-15-,25-14+. The summed E-state index contributed by atoms with van der Waals surface area (Å²) in [6.07, 6.45) is 11.7.